The van der Waals surface area contributed by atoms with Gasteiger partial charge >= 0.3 is 0 Å². The number of rotatable bonds is 4. The molecule has 0 aliphatic heterocycles. The number of benzene rings is 2. The molecule has 4 heteroatoms. The number of aryl methyl sites for hydroxylation is 1. The van der Waals surface area contributed by atoms with Crippen LogP contribution >= 0.6 is 0 Å². The predicted molar refractivity (Wildman–Crippen MR) is 76.3 cm³/mol. The summed E-state index contributed by atoms with van der Waals surface area (Å²) < 4.78 is 19.0. The summed E-state index contributed by atoms with van der Waals surface area (Å²) in [5, 5.41) is 2.53. The van der Waals surface area contributed by atoms with Crippen LogP contribution in [-0.2, 0) is 4.79 Å². The van der Waals surface area contributed by atoms with Crippen LogP contribution in [0, 0.1) is 12.7 Å². The van der Waals surface area contributed by atoms with Crippen LogP contribution in [0.4, 0.5) is 10.1 Å². The van der Waals surface area contributed by atoms with Crippen LogP contribution < -0.4 is 10.1 Å². The summed E-state index contributed by atoms with van der Waals surface area (Å²) in [6.07, 6.45) is -0.711. The molecule has 20 heavy (non-hydrogen) atoms. The average molecular weight is 273 g/mol. The van der Waals surface area contributed by atoms with Crippen LogP contribution in [0.5, 0.6) is 5.75 Å². The molecule has 0 saturated heterocycles. The number of halogens is 1. The van der Waals surface area contributed by atoms with Crippen molar-refractivity contribution in [1.82, 2.24) is 0 Å². The number of anilines is 1. The molecule has 2 aromatic rings. The van der Waals surface area contributed by atoms with Gasteiger partial charge in [-0.05, 0) is 43.7 Å². The Bertz CT molecular complexity index is 599. The fourth-order valence-electron chi connectivity index (χ4n) is 1.73. The summed E-state index contributed by atoms with van der Waals surface area (Å²) in [6.45, 7) is 3.45. The first kappa shape index (κ1) is 14.1. The van der Waals surface area contributed by atoms with Crippen molar-refractivity contribution in [2.45, 2.75) is 20.0 Å². The third kappa shape index (κ3) is 3.57. The lowest BCUT2D eigenvalue weighted by atomic mass is 10.2. The zero-order valence-corrected chi connectivity index (χ0v) is 11.4. The summed E-state index contributed by atoms with van der Waals surface area (Å²) >= 11 is 0. The molecule has 2 aromatic carbocycles. The Balaban J connectivity index is 2.02. The first-order valence-electron chi connectivity index (χ1n) is 6.35. The van der Waals surface area contributed by atoms with Crippen molar-refractivity contribution in [3.8, 4) is 5.75 Å². The summed E-state index contributed by atoms with van der Waals surface area (Å²) in [5.74, 6) is -0.255. The van der Waals surface area contributed by atoms with Gasteiger partial charge < -0.3 is 10.1 Å². The maximum Gasteiger partial charge on any atom is 0.265 e. The summed E-state index contributed by atoms with van der Waals surface area (Å²) in [5.41, 5.74) is 1.04. The van der Waals surface area contributed by atoms with Crippen molar-refractivity contribution >= 4 is 11.6 Å². The Morgan fingerprint density at radius 2 is 1.90 bits per heavy atom. The van der Waals surface area contributed by atoms with Gasteiger partial charge in [-0.2, -0.15) is 0 Å². The first-order valence-corrected chi connectivity index (χ1v) is 6.35. The third-order valence-electron chi connectivity index (χ3n) is 2.81. The SMILES string of the molecule is Cc1ccc(F)c(NC(=O)[C@H](C)Oc2ccccc2)c1. The van der Waals surface area contributed by atoms with Crippen molar-refractivity contribution in [3.05, 3.63) is 59.9 Å². The minimum atomic E-state index is -0.711. The van der Waals surface area contributed by atoms with Gasteiger partial charge in [-0.15, -0.1) is 0 Å². The van der Waals surface area contributed by atoms with Crippen molar-refractivity contribution < 1.29 is 13.9 Å². The van der Waals surface area contributed by atoms with Gasteiger partial charge in [0.05, 0.1) is 5.69 Å². The highest BCUT2D eigenvalue weighted by atomic mass is 19.1. The van der Waals surface area contributed by atoms with E-state index in [0.29, 0.717) is 5.75 Å². The van der Waals surface area contributed by atoms with E-state index in [-0.39, 0.29) is 5.69 Å². The predicted octanol–water partition coefficient (Wildman–Crippen LogP) is 3.54. The minimum Gasteiger partial charge on any atom is -0.481 e. The van der Waals surface area contributed by atoms with Crippen molar-refractivity contribution in [2.24, 2.45) is 0 Å². The van der Waals surface area contributed by atoms with Crippen LogP contribution in [0.1, 0.15) is 12.5 Å². The molecule has 0 saturated carbocycles. The Labute approximate surface area is 117 Å². The van der Waals surface area contributed by atoms with Gasteiger partial charge in [-0.25, -0.2) is 4.39 Å². The molecule has 0 fully saturated rings. The molecule has 0 aliphatic carbocycles. The quantitative estimate of drug-likeness (QED) is 0.925. The Morgan fingerprint density at radius 1 is 1.20 bits per heavy atom. The van der Waals surface area contributed by atoms with Crippen LogP contribution in [0.3, 0.4) is 0 Å². The van der Waals surface area contributed by atoms with E-state index >= 15 is 0 Å². The molecule has 0 spiro atoms. The molecular weight excluding hydrogens is 257 g/mol. The Hall–Kier alpha value is -2.36. The molecule has 0 radical (unpaired) electrons. The van der Waals surface area contributed by atoms with E-state index in [1.807, 2.05) is 25.1 Å². The van der Waals surface area contributed by atoms with Crippen LogP contribution in [0.25, 0.3) is 0 Å². The van der Waals surface area contributed by atoms with Crippen LogP contribution in [-0.4, -0.2) is 12.0 Å². The molecule has 1 atom stereocenters. The zero-order valence-electron chi connectivity index (χ0n) is 11.4. The lowest BCUT2D eigenvalue weighted by Gasteiger charge is -2.15. The van der Waals surface area contributed by atoms with E-state index in [9.17, 15) is 9.18 Å². The number of carbonyl (C=O) groups excluding carboxylic acids is 1. The smallest absolute Gasteiger partial charge is 0.265 e. The number of para-hydroxylation sites is 1. The maximum atomic E-state index is 13.6. The van der Waals surface area contributed by atoms with Gasteiger partial charge in [-0.1, -0.05) is 24.3 Å². The molecule has 0 unspecified atom stereocenters. The molecule has 104 valence electrons. The number of ether oxygens (including phenoxy) is 1. The molecule has 0 aliphatic rings. The molecule has 1 N–H and O–H groups in total. The van der Waals surface area contributed by atoms with E-state index in [1.165, 1.54) is 6.07 Å². The van der Waals surface area contributed by atoms with E-state index < -0.39 is 17.8 Å². The van der Waals surface area contributed by atoms with Gasteiger partial charge in [-0.3, -0.25) is 4.79 Å². The van der Waals surface area contributed by atoms with Gasteiger partial charge in [0.15, 0.2) is 6.10 Å². The Kier molecular flexibility index (Phi) is 4.35. The standard InChI is InChI=1S/C16H16FNO2/c1-11-8-9-14(17)15(10-11)18-16(19)12(2)20-13-6-4-3-5-7-13/h3-10,12H,1-2H3,(H,18,19)/t12-/m0/s1. The first-order chi connectivity index (χ1) is 9.56. The molecule has 2 rings (SSSR count). The fourth-order valence-corrected chi connectivity index (χ4v) is 1.73. The number of nitrogens with one attached hydrogen (secondary N) is 1. The summed E-state index contributed by atoms with van der Waals surface area (Å²) in [6, 6.07) is 13.6. The highest BCUT2D eigenvalue weighted by Gasteiger charge is 2.16. The molecular formula is C16H16FNO2. The van der Waals surface area contributed by atoms with E-state index in [2.05, 4.69) is 5.32 Å². The third-order valence-corrected chi connectivity index (χ3v) is 2.81. The summed E-state index contributed by atoms with van der Waals surface area (Å²) in [4.78, 5) is 12.0. The topological polar surface area (TPSA) is 38.3 Å². The molecule has 0 heterocycles. The normalized spacial score (nSPS) is 11.8. The molecule has 3 nitrogen and oxygen atoms in total. The van der Waals surface area contributed by atoms with Crippen molar-refractivity contribution in [3.63, 3.8) is 0 Å². The summed E-state index contributed by atoms with van der Waals surface area (Å²) in [7, 11) is 0. The van der Waals surface area contributed by atoms with Gasteiger partial charge in [0.25, 0.3) is 5.91 Å². The minimum absolute atomic E-state index is 0.165. The lowest BCUT2D eigenvalue weighted by molar-refractivity contribution is -0.122. The molecule has 0 bridgehead atoms. The van der Waals surface area contributed by atoms with E-state index in [0.717, 1.165) is 5.56 Å². The molecule has 0 aromatic heterocycles. The number of carbonyl (C=O) groups is 1. The Morgan fingerprint density at radius 3 is 2.60 bits per heavy atom. The second-order valence-corrected chi connectivity index (χ2v) is 4.55. The maximum absolute atomic E-state index is 13.6. The second-order valence-electron chi connectivity index (χ2n) is 4.55. The lowest BCUT2D eigenvalue weighted by Crippen LogP contribution is -2.30. The van der Waals surface area contributed by atoms with Crippen LogP contribution in [0.2, 0.25) is 0 Å². The highest BCUT2D eigenvalue weighted by molar-refractivity contribution is 5.94. The van der Waals surface area contributed by atoms with E-state index in [1.54, 1.807) is 31.2 Å². The van der Waals surface area contributed by atoms with Crippen molar-refractivity contribution in [1.29, 1.82) is 0 Å². The fraction of sp³-hybridized carbons (Fsp3) is 0.188. The largest absolute Gasteiger partial charge is 0.481 e. The van der Waals surface area contributed by atoms with E-state index in [4.69, 9.17) is 4.74 Å². The van der Waals surface area contributed by atoms with Gasteiger partial charge in [0.2, 0.25) is 0 Å². The van der Waals surface area contributed by atoms with Gasteiger partial charge in [0, 0.05) is 0 Å². The zero-order chi connectivity index (χ0) is 14.5. The van der Waals surface area contributed by atoms with Gasteiger partial charge in [0.1, 0.15) is 11.6 Å². The monoisotopic (exact) mass is 273 g/mol. The van der Waals surface area contributed by atoms with Crippen LogP contribution in [0.15, 0.2) is 48.5 Å². The number of hydrogen-bond acceptors (Lipinski definition) is 2. The average Bonchev–Trinajstić information content (AvgIpc) is 2.44. The number of hydrogen-bond donors (Lipinski definition) is 1. The second kappa shape index (κ2) is 6.19. The number of amides is 1. The highest BCUT2D eigenvalue weighted by Crippen LogP contribution is 2.17. The molecule has 1 amide bonds. The van der Waals surface area contributed by atoms with Crippen molar-refractivity contribution in [2.75, 3.05) is 5.32 Å².